The van der Waals surface area contributed by atoms with Gasteiger partial charge < -0.3 is 15.7 Å². The van der Waals surface area contributed by atoms with Crippen molar-refractivity contribution in [3.8, 4) is 0 Å². The van der Waals surface area contributed by atoms with Crippen LogP contribution in [0.2, 0.25) is 0 Å². The first-order valence-electron chi connectivity index (χ1n) is 6.22. The van der Waals surface area contributed by atoms with Crippen LogP contribution in [0.1, 0.15) is 31.9 Å². The van der Waals surface area contributed by atoms with E-state index in [1.54, 1.807) is 13.8 Å². The summed E-state index contributed by atoms with van der Waals surface area (Å²) in [5, 5.41) is 14.6. The second-order valence-corrected chi connectivity index (χ2v) is 5.43. The molecule has 1 aromatic rings. The van der Waals surface area contributed by atoms with Gasteiger partial charge in [0, 0.05) is 5.69 Å². The average Bonchev–Trinajstić information content (AvgIpc) is 2.31. The van der Waals surface area contributed by atoms with E-state index in [1.165, 1.54) is 0 Å². The van der Waals surface area contributed by atoms with E-state index in [1.807, 2.05) is 32.0 Å². The van der Waals surface area contributed by atoms with E-state index in [0.29, 0.717) is 0 Å². The van der Waals surface area contributed by atoms with Gasteiger partial charge in [0.05, 0.1) is 12.1 Å². The highest BCUT2D eigenvalue weighted by Crippen LogP contribution is 2.21. The maximum atomic E-state index is 11.9. The Labute approximate surface area is 114 Å². The summed E-state index contributed by atoms with van der Waals surface area (Å²) in [6, 6.07) is 5.47. The molecule has 0 aliphatic carbocycles. The third kappa shape index (κ3) is 4.41. The highest BCUT2D eigenvalue weighted by Gasteiger charge is 2.19. The molecule has 0 atom stereocenters. The van der Waals surface area contributed by atoms with E-state index in [9.17, 15) is 4.79 Å². The molecule has 0 heterocycles. The molecule has 4 heteroatoms. The lowest BCUT2D eigenvalue weighted by Gasteiger charge is -2.24. The van der Waals surface area contributed by atoms with Gasteiger partial charge in [0.2, 0.25) is 0 Å². The van der Waals surface area contributed by atoms with Crippen molar-refractivity contribution >= 4 is 17.3 Å². The average molecular weight is 262 g/mol. The fourth-order valence-electron chi connectivity index (χ4n) is 1.52. The predicted octanol–water partition coefficient (Wildman–Crippen LogP) is 2.92. The number of hydrogen-bond donors (Lipinski definition) is 3. The van der Waals surface area contributed by atoms with Crippen LogP contribution in [0, 0.1) is 6.92 Å². The van der Waals surface area contributed by atoms with Gasteiger partial charge in [-0.25, -0.2) is 4.79 Å². The number of anilines is 1. The Morgan fingerprint density at radius 1 is 1.42 bits per heavy atom. The Kier molecular flexibility index (Phi) is 4.72. The fraction of sp³-hybridized carbons (Fsp3) is 0.400. The number of benzene rings is 1. The molecule has 0 unspecified atom stereocenters. The maximum Gasteiger partial charge on any atom is 0.319 e. The summed E-state index contributed by atoms with van der Waals surface area (Å²) in [4.78, 5) is 11.9. The number of carbonyl (C=O) groups is 1. The third-order valence-electron chi connectivity index (χ3n) is 2.83. The van der Waals surface area contributed by atoms with Crippen LogP contribution in [0.3, 0.4) is 0 Å². The van der Waals surface area contributed by atoms with Gasteiger partial charge in [-0.1, -0.05) is 24.3 Å². The highest BCUT2D eigenvalue weighted by molar-refractivity contribution is 5.91. The van der Waals surface area contributed by atoms with Crippen molar-refractivity contribution in [2.45, 2.75) is 33.2 Å². The molecular weight excluding hydrogens is 240 g/mol. The minimum absolute atomic E-state index is 0.120. The number of aliphatic hydroxyl groups is 1. The lowest BCUT2D eigenvalue weighted by Crippen LogP contribution is -2.48. The topological polar surface area (TPSA) is 61.4 Å². The standard InChI is InChI=1S/C15H22N2O2/c1-10(2)12-7-6-11(3)13(8-12)16-14(19)17-15(4,5)9-18/h6-8,18H,1,9H2,2-5H3,(H2,16,17,19). The van der Waals surface area contributed by atoms with Crippen LogP contribution in [0.5, 0.6) is 0 Å². The van der Waals surface area contributed by atoms with Crippen molar-refractivity contribution < 1.29 is 9.90 Å². The normalized spacial score (nSPS) is 11.0. The monoisotopic (exact) mass is 262 g/mol. The number of nitrogens with one attached hydrogen (secondary N) is 2. The first-order valence-corrected chi connectivity index (χ1v) is 6.22. The summed E-state index contributed by atoms with van der Waals surface area (Å²) in [5.41, 5.74) is 3.00. The molecule has 1 rings (SSSR count). The lowest BCUT2D eigenvalue weighted by molar-refractivity contribution is 0.187. The summed E-state index contributed by atoms with van der Waals surface area (Å²) in [6.07, 6.45) is 0. The molecule has 0 aliphatic rings. The fourth-order valence-corrected chi connectivity index (χ4v) is 1.52. The number of urea groups is 1. The number of aryl methyl sites for hydroxylation is 1. The summed E-state index contributed by atoms with van der Waals surface area (Å²) in [5.74, 6) is 0. The molecule has 0 aliphatic heterocycles. The molecule has 0 spiro atoms. The number of hydrogen-bond acceptors (Lipinski definition) is 2. The minimum Gasteiger partial charge on any atom is -0.394 e. The van der Waals surface area contributed by atoms with Gasteiger partial charge in [-0.05, 0) is 44.9 Å². The zero-order valence-electron chi connectivity index (χ0n) is 12.0. The van der Waals surface area contributed by atoms with Gasteiger partial charge in [0.1, 0.15) is 0 Å². The number of carbonyl (C=O) groups excluding carboxylic acids is 1. The molecule has 0 bridgehead atoms. The molecule has 104 valence electrons. The van der Waals surface area contributed by atoms with Gasteiger partial charge in [-0.2, -0.15) is 0 Å². The van der Waals surface area contributed by atoms with Gasteiger partial charge in [-0.15, -0.1) is 0 Å². The first kappa shape index (κ1) is 15.2. The SMILES string of the molecule is C=C(C)c1ccc(C)c(NC(=O)NC(C)(C)CO)c1. The summed E-state index contributed by atoms with van der Waals surface area (Å²) < 4.78 is 0. The summed E-state index contributed by atoms with van der Waals surface area (Å²) in [7, 11) is 0. The first-order chi connectivity index (χ1) is 8.75. The Morgan fingerprint density at radius 3 is 2.58 bits per heavy atom. The molecule has 4 nitrogen and oxygen atoms in total. The van der Waals surface area contributed by atoms with Crippen LogP contribution < -0.4 is 10.6 Å². The van der Waals surface area contributed by atoms with E-state index < -0.39 is 5.54 Å². The van der Waals surface area contributed by atoms with Gasteiger partial charge in [0.25, 0.3) is 0 Å². The quantitative estimate of drug-likeness (QED) is 0.781. The van der Waals surface area contributed by atoms with E-state index in [4.69, 9.17) is 5.11 Å². The number of amides is 2. The number of aliphatic hydroxyl groups excluding tert-OH is 1. The molecule has 19 heavy (non-hydrogen) atoms. The highest BCUT2D eigenvalue weighted by atomic mass is 16.3. The van der Waals surface area contributed by atoms with Crippen molar-refractivity contribution in [2.24, 2.45) is 0 Å². The Morgan fingerprint density at radius 2 is 2.05 bits per heavy atom. The smallest absolute Gasteiger partial charge is 0.319 e. The van der Waals surface area contributed by atoms with E-state index in [2.05, 4.69) is 17.2 Å². The predicted molar refractivity (Wildman–Crippen MR) is 79.2 cm³/mol. The van der Waals surface area contributed by atoms with E-state index >= 15 is 0 Å². The minimum atomic E-state index is -0.649. The number of rotatable bonds is 4. The zero-order chi connectivity index (χ0) is 14.6. The molecule has 0 saturated heterocycles. The van der Waals surface area contributed by atoms with Crippen LogP contribution >= 0.6 is 0 Å². The van der Waals surface area contributed by atoms with Crippen molar-refractivity contribution in [1.29, 1.82) is 0 Å². The van der Waals surface area contributed by atoms with Crippen LogP contribution in [0.4, 0.5) is 10.5 Å². The molecule has 3 N–H and O–H groups in total. The largest absolute Gasteiger partial charge is 0.394 e. The van der Waals surface area contributed by atoms with Crippen LogP contribution in [0.25, 0.3) is 5.57 Å². The third-order valence-corrected chi connectivity index (χ3v) is 2.83. The van der Waals surface area contributed by atoms with Crippen molar-refractivity contribution in [2.75, 3.05) is 11.9 Å². The Balaban J connectivity index is 2.84. The van der Waals surface area contributed by atoms with Gasteiger partial charge in [-0.3, -0.25) is 0 Å². The van der Waals surface area contributed by atoms with Crippen molar-refractivity contribution in [1.82, 2.24) is 5.32 Å². The van der Waals surface area contributed by atoms with Crippen molar-refractivity contribution in [3.05, 3.63) is 35.9 Å². The second kappa shape index (κ2) is 5.89. The Bertz CT molecular complexity index is 493. The van der Waals surface area contributed by atoms with Crippen LogP contribution in [-0.2, 0) is 0 Å². The summed E-state index contributed by atoms with van der Waals surface area (Å²) >= 11 is 0. The molecular formula is C15H22N2O2. The summed E-state index contributed by atoms with van der Waals surface area (Å²) in [6.45, 7) is 11.1. The van der Waals surface area contributed by atoms with Crippen molar-refractivity contribution in [3.63, 3.8) is 0 Å². The Hall–Kier alpha value is -1.81. The number of allylic oxidation sites excluding steroid dienone is 1. The molecule has 1 aromatic carbocycles. The van der Waals surface area contributed by atoms with Crippen LogP contribution in [-0.4, -0.2) is 23.3 Å². The second-order valence-electron chi connectivity index (χ2n) is 5.43. The lowest BCUT2D eigenvalue weighted by atomic mass is 10.1. The van der Waals surface area contributed by atoms with E-state index in [-0.39, 0.29) is 12.6 Å². The van der Waals surface area contributed by atoms with E-state index in [0.717, 1.165) is 22.4 Å². The molecule has 0 aromatic heterocycles. The van der Waals surface area contributed by atoms with Crippen LogP contribution in [0.15, 0.2) is 24.8 Å². The molecule has 0 fully saturated rings. The molecule has 0 saturated carbocycles. The van der Waals surface area contributed by atoms with Gasteiger partial charge >= 0.3 is 6.03 Å². The molecule has 2 amide bonds. The van der Waals surface area contributed by atoms with Gasteiger partial charge in [0.15, 0.2) is 0 Å². The maximum absolute atomic E-state index is 11.9. The molecule has 0 radical (unpaired) electrons. The zero-order valence-corrected chi connectivity index (χ0v) is 12.0.